The molecule has 0 aliphatic carbocycles. The van der Waals surface area contributed by atoms with Gasteiger partial charge < -0.3 is 9.84 Å². The summed E-state index contributed by atoms with van der Waals surface area (Å²) in [5.74, 6) is -0.339. The summed E-state index contributed by atoms with van der Waals surface area (Å²) in [6.07, 6.45) is 4.50. The molecule has 3 nitrogen and oxygen atoms in total. The zero-order chi connectivity index (χ0) is 13.5. The van der Waals surface area contributed by atoms with Crippen LogP contribution in [0.15, 0.2) is 24.3 Å². The van der Waals surface area contributed by atoms with Crippen LogP contribution in [-0.2, 0) is 4.79 Å². The third-order valence-electron chi connectivity index (χ3n) is 2.58. The molecule has 1 rings (SSSR count). The number of ether oxygens (including phenoxy) is 1. The van der Waals surface area contributed by atoms with Crippen molar-refractivity contribution < 1.29 is 14.6 Å². The highest BCUT2D eigenvalue weighted by atomic mass is 35.5. The molecule has 18 heavy (non-hydrogen) atoms. The lowest BCUT2D eigenvalue weighted by Gasteiger charge is -2.17. The van der Waals surface area contributed by atoms with Gasteiger partial charge in [0.05, 0.1) is 6.10 Å². The fourth-order valence-corrected chi connectivity index (χ4v) is 1.73. The van der Waals surface area contributed by atoms with Gasteiger partial charge in [-0.05, 0) is 37.1 Å². The molecule has 4 heteroatoms. The number of hydrogen-bond acceptors (Lipinski definition) is 2. The van der Waals surface area contributed by atoms with Crippen molar-refractivity contribution in [1.29, 1.82) is 0 Å². The van der Waals surface area contributed by atoms with Crippen molar-refractivity contribution in [3.8, 4) is 5.75 Å². The Kier molecular flexibility index (Phi) is 5.72. The quantitative estimate of drug-likeness (QED) is 0.793. The fourth-order valence-electron chi connectivity index (χ4n) is 1.55. The molecule has 0 saturated heterocycles. The second-order valence-corrected chi connectivity index (χ2v) is 4.35. The average molecular weight is 269 g/mol. The topological polar surface area (TPSA) is 46.5 Å². The molecule has 0 amide bonds. The number of benzene rings is 1. The summed E-state index contributed by atoms with van der Waals surface area (Å²) in [6.45, 7) is 4.10. The normalized spacial score (nSPS) is 11.1. The van der Waals surface area contributed by atoms with Crippen LogP contribution in [0, 0.1) is 0 Å². The Morgan fingerprint density at radius 1 is 1.44 bits per heavy atom. The number of carbonyl (C=O) groups is 1. The second kappa shape index (κ2) is 7.07. The van der Waals surface area contributed by atoms with Gasteiger partial charge in [0.1, 0.15) is 5.75 Å². The smallest absolute Gasteiger partial charge is 0.328 e. The van der Waals surface area contributed by atoms with Crippen LogP contribution in [0.5, 0.6) is 5.75 Å². The van der Waals surface area contributed by atoms with Gasteiger partial charge in [0.25, 0.3) is 0 Å². The highest BCUT2D eigenvalue weighted by Gasteiger charge is 2.08. The first kappa shape index (κ1) is 14.6. The van der Waals surface area contributed by atoms with Crippen LogP contribution in [0.2, 0.25) is 5.02 Å². The fraction of sp³-hybridized carbons (Fsp3) is 0.357. The summed E-state index contributed by atoms with van der Waals surface area (Å²) in [5, 5.41) is 9.20. The first-order chi connectivity index (χ1) is 8.56. The minimum Gasteiger partial charge on any atom is -0.490 e. The monoisotopic (exact) mass is 268 g/mol. The van der Waals surface area contributed by atoms with E-state index in [1.54, 1.807) is 18.2 Å². The molecule has 0 radical (unpaired) electrons. The van der Waals surface area contributed by atoms with E-state index in [-0.39, 0.29) is 6.10 Å². The summed E-state index contributed by atoms with van der Waals surface area (Å²) in [5.41, 5.74) is 0.678. The first-order valence-electron chi connectivity index (χ1n) is 5.94. The van der Waals surface area contributed by atoms with E-state index in [1.165, 1.54) is 6.08 Å². The summed E-state index contributed by atoms with van der Waals surface area (Å²) in [7, 11) is 0. The molecule has 0 bridgehead atoms. The molecule has 0 saturated carbocycles. The zero-order valence-corrected chi connectivity index (χ0v) is 11.3. The van der Waals surface area contributed by atoms with Gasteiger partial charge in [-0.1, -0.05) is 25.4 Å². The third-order valence-corrected chi connectivity index (χ3v) is 2.82. The molecule has 98 valence electrons. The summed E-state index contributed by atoms with van der Waals surface area (Å²) in [6, 6.07) is 5.19. The number of halogens is 1. The summed E-state index contributed by atoms with van der Waals surface area (Å²) >= 11 is 5.90. The molecule has 1 aromatic carbocycles. The van der Waals surface area contributed by atoms with Crippen LogP contribution in [-0.4, -0.2) is 17.2 Å². The maximum atomic E-state index is 10.5. The van der Waals surface area contributed by atoms with Crippen LogP contribution in [0.4, 0.5) is 0 Å². The summed E-state index contributed by atoms with van der Waals surface area (Å²) < 4.78 is 5.83. The number of rotatable bonds is 6. The van der Waals surface area contributed by atoms with Crippen LogP contribution in [0.3, 0.4) is 0 Å². The van der Waals surface area contributed by atoms with E-state index >= 15 is 0 Å². The molecular weight excluding hydrogens is 252 g/mol. The highest BCUT2D eigenvalue weighted by molar-refractivity contribution is 6.30. The molecule has 0 heterocycles. The predicted octanol–water partition coefficient (Wildman–Crippen LogP) is 4.01. The van der Waals surface area contributed by atoms with Gasteiger partial charge in [0, 0.05) is 16.7 Å². The Balaban J connectivity index is 2.99. The van der Waals surface area contributed by atoms with Crippen molar-refractivity contribution in [3.63, 3.8) is 0 Å². The standard InChI is InChI=1S/C14H17ClO3/c1-3-12(4-2)18-13-7-6-11(15)9-10(13)5-8-14(16)17/h5-9,12H,3-4H2,1-2H3,(H,16,17). The molecule has 1 aromatic rings. The van der Waals surface area contributed by atoms with E-state index < -0.39 is 5.97 Å². The van der Waals surface area contributed by atoms with Crippen molar-refractivity contribution in [1.82, 2.24) is 0 Å². The Hall–Kier alpha value is -1.48. The molecule has 0 aliphatic heterocycles. The number of hydrogen-bond donors (Lipinski definition) is 1. The SMILES string of the molecule is CCC(CC)Oc1ccc(Cl)cc1C=CC(=O)O. The minimum absolute atomic E-state index is 0.128. The Labute approximate surface area is 112 Å². The van der Waals surface area contributed by atoms with Gasteiger partial charge in [-0.3, -0.25) is 0 Å². The van der Waals surface area contributed by atoms with Crippen LogP contribution >= 0.6 is 11.6 Å². The molecule has 0 spiro atoms. The van der Waals surface area contributed by atoms with Crippen molar-refractivity contribution in [3.05, 3.63) is 34.9 Å². The van der Waals surface area contributed by atoms with Gasteiger partial charge in [-0.15, -0.1) is 0 Å². The van der Waals surface area contributed by atoms with Gasteiger partial charge in [-0.25, -0.2) is 4.79 Å². The molecule has 0 unspecified atom stereocenters. The zero-order valence-electron chi connectivity index (χ0n) is 10.5. The van der Waals surface area contributed by atoms with E-state index in [2.05, 4.69) is 13.8 Å². The lowest BCUT2D eigenvalue weighted by Crippen LogP contribution is -2.14. The Bertz CT molecular complexity index is 437. The number of carboxylic acid groups (broad SMARTS) is 1. The second-order valence-electron chi connectivity index (χ2n) is 3.91. The predicted molar refractivity (Wildman–Crippen MR) is 73.1 cm³/mol. The number of aliphatic carboxylic acids is 1. The summed E-state index contributed by atoms with van der Waals surface area (Å²) in [4.78, 5) is 10.5. The molecule has 0 fully saturated rings. The van der Waals surface area contributed by atoms with Gasteiger partial charge >= 0.3 is 5.97 Å². The van der Waals surface area contributed by atoms with Gasteiger partial charge in [-0.2, -0.15) is 0 Å². The maximum absolute atomic E-state index is 10.5. The Morgan fingerprint density at radius 2 is 2.11 bits per heavy atom. The molecule has 0 aromatic heterocycles. The Morgan fingerprint density at radius 3 is 2.67 bits per heavy atom. The van der Waals surface area contributed by atoms with E-state index in [1.807, 2.05) is 0 Å². The lowest BCUT2D eigenvalue weighted by molar-refractivity contribution is -0.131. The van der Waals surface area contributed by atoms with E-state index in [9.17, 15) is 4.79 Å². The molecule has 1 N–H and O–H groups in total. The van der Waals surface area contributed by atoms with Crippen LogP contribution < -0.4 is 4.74 Å². The van der Waals surface area contributed by atoms with Gasteiger partial charge in [0.2, 0.25) is 0 Å². The molecule has 0 atom stereocenters. The molecule has 0 aliphatic rings. The van der Waals surface area contributed by atoms with E-state index in [4.69, 9.17) is 21.4 Å². The average Bonchev–Trinajstić information content (AvgIpc) is 2.35. The highest BCUT2D eigenvalue weighted by Crippen LogP contribution is 2.26. The lowest BCUT2D eigenvalue weighted by atomic mass is 10.1. The van der Waals surface area contributed by atoms with E-state index in [0.717, 1.165) is 18.9 Å². The van der Waals surface area contributed by atoms with Crippen molar-refractivity contribution in [2.75, 3.05) is 0 Å². The largest absolute Gasteiger partial charge is 0.490 e. The van der Waals surface area contributed by atoms with Crippen LogP contribution in [0.25, 0.3) is 6.08 Å². The first-order valence-corrected chi connectivity index (χ1v) is 6.31. The van der Waals surface area contributed by atoms with Crippen LogP contribution in [0.1, 0.15) is 32.3 Å². The molecular formula is C14H17ClO3. The van der Waals surface area contributed by atoms with Crippen molar-refractivity contribution in [2.45, 2.75) is 32.8 Å². The van der Waals surface area contributed by atoms with E-state index in [0.29, 0.717) is 16.3 Å². The van der Waals surface area contributed by atoms with Gasteiger partial charge in [0.15, 0.2) is 0 Å². The van der Waals surface area contributed by atoms with Crippen molar-refractivity contribution in [2.24, 2.45) is 0 Å². The minimum atomic E-state index is -0.997. The van der Waals surface area contributed by atoms with Crippen molar-refractivity contribution >= 4 is 23.6 Å². The number of carboxylic acids is 1. The third kappa shape index (κ3) is 4.41. The maximum Gasteiger partial charge on any atom is 0.328 e.